The molecular weight excluding hydrogens is 389 g/mol. The largest absolute Gasteiger partial charge is 0.354 e. The summed E-state index contributed by atoms with van der Waals surface area (Å²) in [5, 5.41) is 3.22. The van der Waals surface area contributed by atoms with Crippen LogP contribution in [-0.4, -0.2) is 9.97 Å². The average molecular weight is 397 g/mol. The molecule has 0 atom stereocenters. The molecule has 2 aromatic heterocycles. The Hall–Kier alpha value is -1.53. The average Bonchev–Trinajstić information content (AvgIpc) is 2.43. The summed E-state index contributed by atoms with van der Waals surface area (Å²) in [7, 11) is 0. The molecule has 0 fully saturated rings. The van der Waals surface area contributed by atoms with Crippen molar-refractivity contribution in [3.8, 4) is 0 Å². The zero-order valence-electron chi connectivity index (χ0n) is 10.1. The van der Waals surface area contributed by atoms with Gasteiger partial charge in [0.15, 0.2) is 0 Å². The molecule has 2 heterocycles. The second-order valence-corrected chi connectivity index (χ2v) is 5.90. The number of benzene rings is 1. The second kappa shape index (κ2) is 5.46. The SMILES string of the molecule is Fc1ccc(Nc2ccnc3cc(Br)cnc23)cc1Br. The van der Waals surface area contributed by atoms with E-state index >= 15 is 0 Å². The molecule has 0 amide bonds. The first kappa shape index (κ1) is 13.5. The lowest BCUT2D eigenvalue weighted by Crippen LogP contribution is -1.95. The topological polar surface area (TPSA) is 37.8 Å². The number of hydrogen-bond acceptors (Lipinski definition) is 3. The van der Waals surface area contributed by atoms with Crippen LogP contribution in [0.3, 0.4) is 0 Å². The lowest BCUT2D eigenvalue weighted by molar-refractivity contribution is 0.621. The standard InChI is InChI=1S/C14H8Br2FN3/c15-8-5-13-14(19-7-8)12(3-4-18-13)20-9-1-2-11(17)10(16)6-9/h1-7H,(H,18,20). The molecule has 3 nitrogen and oxygen atoms in total. The van der Waals surface area contributed by atoms with Gasteiger partial charge in [-0.1, -0.05) is 0 Å². The van der Waals surface area contributed by atoms with Crippen LogP contribution in [0.25, 0.3) is 11.0 Å². The van der Waals surface area contributed by atoms with Crippen molar-refractivity contribution in [1.82, 2.24) is 9.97 Å². The van der Waals surface area contributed by atoms with Crippen molar-refractivity contribution in [2.75, 3.05) is 5.32 Å². The molecule has 100 valence electrons. The van der Waals surface area contributed by atoms with E-state index in [2.05, 4.69) is 47.1 Å². The van der Waals surface area contributed by atoms with Crippen molar-refractivity contribution in [2.24, 2.45) is 0 Å². The first-order chi connectivity index (χ1) is 9.63. The van der Waals surface area contributed by atoms with Gasteiger partial charge in [-0.2, -0.15) is 0 Å². The predicted octanol–water partition coefficient (Wildman–Crippen LogP) is 5.04. The van der Waals surface area contributed by atoms with Crippen LogP contribution in [0.15, 0.2) is 51.7 Å². The zero-order valence-corrected chi connectivity index (χ0v) is 13.2. The van der Waals surface area contributed by atoms with Crippen LogP contribution in [0.2, 0.25) is 0 Å². The molecule has 1 N–H and O–H groups in total. The fraction of sp³-hybridized carbons (Fsp3) is 0. The maximum atomic E-state index is 13.2. The van der Waals surface area contributed by atoms with Crippen molar-refractivity contribution in [3.05, 3.63) is 57.5 Å². The Morgan fingerprint density at radius 1 is 1.05 bits per heavy atom. The molecule has 0 saturated heterocycles. The molecule has 0 radical (unpaired) electrons. The van der Waals surface area contributed by atoms with E-state index < -0.39 is 0 Å². The molecule has 0 saturated carbocycles. The molecule has 0 spiro atoms. The fourth-order valence-corrected chi connectivity index (χ4v) is 2.53. The van der Waals surface area contributed by atoms with Crippen LogP contribution in [0.5, 0.6) is 0 Å². The minimum Gasteiger partial charge on any atom is -0.354 e. The lowest BCUT2D eigenvalue weighted by atomic mass is 10.2. The number of pyridine rings is 2. The Balaban J connectivity index is 2.04. The van der Waals surface area contributed by atoms with Gasteiger partial charge >= 0.3 is 0 Å². The number of nitrogens with zero attached hydrogens (tertiary/aromatic N) is 2. The molecule has 0 aliphatic carbocycles. The summed E-state index contributed by atoms with van der Waals surface area (Å²) in [4.78, 5) is 8.63. The van der Waals surface area contributed by atoms with Gasteiger partial charge in [0, 0.05) is 22.6 Å². The minimum absolute atomic E-state index is 0.294. The van der Waals surface area contributed by atoms with Crippen LogP contribution < -0.4 is 5.32 Å². The maximum Gasteiger partial charge on any atom is 0.137 e. The summed E-state index contributed by atoms with van der Waals surface area (Å²) in [6.45, 7) is 0. The van der Waals surface area contributed by atoms with E-state index in [-0.39, 0.29) is 5.82 Å². The van der Waals surface area contributed by atoms with Gasteiger partial charge in [-0.3, -0.25) is 9.97 Å². The molecule has 0 aliphatic rings. The molecule has 1 aromatic carbocycles. The Kier molecular flexibility index (Phi) is 3.67. The van der Waals surface area contributed by atoms with Crippen LogP contribution in [-0.2, 0) is 0 Å². The first-order valence-electron chi connectivity index (χ1n) is 5.76. The number of nitrogens with one attached hydrogen (secondary N) is 1. The zero-order chi connectivity index (χ0) is 14.1. The van der Waals surface area contributed by atoms with Crippen molar-refractivity contribution >= 4 is 54.3 Å². The van der Waals surface area contributed by atoms with Gasteiger partial charge in [-0.25, -0.2) is 4.39 Å². The molecule has 6 heteroatoms. The van der Waals surface area contributed by atoms with Crippen molar-refractivity contribution in [2.45, 2.75) is 0 Å². The molecule has 20 heavy (non-hydrogen) atoms. The van der Waals surface area contributed by atoms with E-state index in [4.69, 9.17) is 0 Å². The molecular formula is C14H8Br2FN3. The summed E-state index contributed by atoms with van der Waals surface area (Å²) in [5.41, 5.74) is 3.14. The summed E-state index contributed by atoms with van der Waals surface area (Å²) in [5.74, 6) is -0.294. The normalized spacial score (nSPS) is 10.8. The highest BCUT2D eigenvalue weighted by Crippen LogP contribution is 2.27. The summed E-state index contributed by atoms with van der Waals surface area (Å²) < 4.78 is 14.5. The maximum absolute atomic E-state index is 13.2. The van der Waals surface area contributed by atoms with Gasteiger partial charge in [0.25, 0.3) is 0 Å². The molecule has 0 bridgehead atoms. The third-order valence-electron chi connectivity index (χ3n) is 2.74. The van der Waals surface area contributed by atoms with E-state index in [0.717, 1.165) is 26.9 Å². The highest BCUT2D eigenvalue weighted by molar-refractivity contribution is 9.10. The van der Waals surface area contributed by atoms with Gasteiger partial charge < -0.3 is 5.32 Å². The Bertz CT molecular complexity index is 792. The molecule has 0 aliphatic heterocycles. The Labute approximate surface area is 131 Å². The van der Waals surface area contributed by atoms with Crippen molar-refractivity contribution in [3.63, 3.8) is 0 Å². The van der Waals surface area contributed by atoms with E-state index in [1.807, 2.05) is 12.1 Å². The van der Waals surface area contributed by atoms with E-state index in [0.29, 0.717) is 4.47 Å². The Morgan fingerprint density at radius 2 is 1.90 bits per heavy atom. The minimum atomic E-state index is -0.294. The monoisotopic (exact) mass is 395 g/mol. The van der Waals surface area contributed by atoms with Crippen LogP contribution in [0.1, 0.15) is 0 Å². The van der Waals surface area contributed by atoms with E-state index in [1.54, 1.807) is 24.5 Å². The fourth-order valence-electron chi connectivity index (χ4n) is 1.84. The van der Waals surface area contributed by atoms with Crippen LogP contribution in [0, 0.1) is 5.82 Å². The van der Waals surface area contributed by atoms with Crippen molar-refractivity contribution < 1.29 is 4.39 Å². The number of halogens is 3. The highest BCUT2D eigenvalue weighted by Gasteiger charge is 2.06. The van der Waals surface area contributed by atoms with Gasteiger partial charge in [-0.05, 0) is 62.2 Å². The number of fused-ring (bicyclic) bond motifs is 1. The second-order valence-electron chi connectivity index (χ2n) is 4.13. The summed E-state index contributed by atoms with van der Waals surface area (Å²) in [6.07, 6.45) is 3.42. The van der Waals surface area contributed by atoms with Crippen molar-refractivity contribution in [1.29, 1.82) is 0 Å². The van der Waals surface area contributed by atoms with E-state index in [1.165, 1.54) is 6.07 Å². The van der Waals surface area contributed by atoms with Gasteiger partial charge in [0.05, 0.1) is 15.7 Å². The summed E-state index contributed by atoms with van der Waals surface area (Å²) in [6, 6.07) is 8.49. The lowest BCUT2D eigenvalue weighted by Gasteiger charge is -2.09. The van der Waals surface area contributed by atoms with Gasteiger partial charge in [-0.15, -0.1) is 0 Å². The quantitative estimate of drug-likeness (QED) is 0.659. The van der Waals surface area contributed by atoms with E-state index in [9.17, 15) is 4.39 Å². The third kappa shape index (κ3) is 2.66. The smallest absolute Gasteiger partial charge is 0.137 e. The van der Waals surface area contributed by atoms with Crippen LogP contribution in [0.4, 0.5) is 15.8 Å². The van der Waals surface area contributed by atoms with Crippen LogP contribution >= 0.6 is 31.9 Å². The Morgan fingerprint density at radius 3 is 2.70 bits per heavy atom. The summed E-state index contributed by atoms with van der Waals surface area (Å²) >= 11 is 6.54. The molecule has 3 rings (SSSR count). The first-order valence-corrected chi connectivity index (χ1v) is 7.34. The number of rotatable bonds is 2. The molecule has 3 aromatic rings. The number of hydrogen-bond donors (Lipinski definition) is 1. The number of aromatic nitrogens is 2. The number of anilines is 2. The van der Waals surface area contributed by atoms with Gasteiger partial charge in [0.1, 0.15) is 11.3 Å². The highest BCUT2D eigenvalue weighted by atomic mass is 79.9. The van der Waals surface area contributed by atoms with Gasteiger partial charge in [0.2, 0.25) is 0 Å². The predicted molar refractivity (Wildman–Crippen MR) is 84.6 cm³/mol. The third-order valence-corrected chi connectivity index (χ3v) is 3.78. The molecule has 0 unspecified atom stereocenters.